The van der Waals surface area contributed by atoms with Crippen LogP contribution in [0.5, 0.6) is 0 Å². The van der Waals surface area contributed by atoms with Gasteiger partial charge in [0, 0.05) is 0 Å². The van der Waals surface area contributed by atoms with E-state index in [1.54, 1.807) is 6.08 Å². The summed E-state index contributed by atoms with van der Waals surface area (Å²) in [7, 11) is 0. The van der Waals surface area contributed by atoms with Gasteiger partial charge in [0.25, 0.3) is 0 Å². The van der Waals surface area contributed by atoms with Crippen LogP contribution in [0.1, 0.15) is 47.0 Å². The van der Waals surface area contributed by atoms with Crippen molar-refractivity contribution in [1.29, 1.82) is 0 Å². The van der Waals surface area contributed by atoms with Gasteiger partial charge < -0.3 is 0 Å². The lowest BCUT2D eigenvalue weighted by Gasteiger charge is -2.39. The molecule has 0 heterocycles. The molecule has 0 aromatic rings. The fourth-order valence-corrected chi connectivity index (χ4v) is 4.09. The van der Waals surface area contributed by atoms with Gasteiger partial charge in [-0.15, -0.1) is 0 Å². The summed E-state index contributed by atoms with van der Waals surface area (Å²) in [5.74, 6) is 1.45. The summed E-state index contributed by atoms with van der Waals surface area (Å²) in [6.45, 7) is 9.32. The van der Waals surface area contributed by atoms with Gasteiger partial charge in [-0.25, -0.2) is 0 Å². The van der Waals surface area contributed by atoms with E-state index in [-0.39, 0.29) is 0 Å². The van der Waals surface area contributed by atoms with Crippen molar-refractivity contribution in [3.05, 3.63) is 11.6 Å². The summed E-state index contributed by atoms with van der Waals surface area (Å²) in [4.78, 5) is 10.4. The SMILES string of the molecule is CC(=C[C]=O)C1C[C@H]2CC[C@@]1(C)C2(C)C. The quantitative estimate of drug-likeness (QED) is 0.630. The number of allylic oxidation sites excluding steroid dienone is 2. The van der Waals surface area contributed by atoms with Crippen molar-refractivity contribution in [2.24, 2.45) is 22.7 Å². The smallest absolute Gasteiger partial charge is 0.225 e. The Bertz CT molecular complexity index is 313. The molecule has 3 atom stereocenters. The molecular weight excluding hydrogens is 184 g/mol. The lowest BCUT2D eigenvalue weighted by atomic mass is 9.65. The minimum atomic E-state index is 0.398. The number of hydrogen-bond acceptors (Lipinski definition) is 1. The zero-order valence-corrected chi connectivity index (χ0v) is 10.3. The van der Waals surface area contributed by atoms with E-state index in [0.29, 0.717) is 16.7 Å². The van der Waals surface area contributed by atoms with E-state index < -0.39 is 0 Å². The van der Waals surface area contributed by atoms with Crippen molar-refractivity contribution in [2.75, 3.05) is 0 Å². The second-order valence-corrected chi connectivity index (χ2v) is 6.17. The first-order valence-corrected chi connectivity index (χ1v) is 5.98. The number of hydrogen-bond donors (Lipinski definition) is 0. The second-order valence-electron chi connectivity index (χ2n) is 6.17. The molecule has 2 rings (SSSR count). The molecule has 1 radical (unpaired) electrons. The summed E-state index contributed by atoms with van der Waals surface area (Å²) in [5.41, 5.74) is 2.08. The second kappa shape index (κ2) is 3.20. The number of carbonyl (C=O) groups excluding carboxylic acids is 1. The summed E-state index contributed by atoms with van der Waals surface area (Å²) in [6, 6.07) is 0. The Morgan fingerprint density at radius 3 is 2.47 bits per heavy atom. The molecule has 2 aliphatic rings. The number of fused-ring (bicyclic) bond motifs is 2. The van der Waals surface area contributed by atoms with Gasteiger partial charge in [0.2, 0.25) is 6.29 Å². The van der Waals surface area contributed by atoms with Crippen molar-refractivity contribution in [2.45, 2.75) is 47.0 Å². The van der Waals surface area contributed by atoms with Crippen molar-refractivity contribution in [3.8, 4) is 0 Å². The van der Waals surface area contributed by atoms with Gasteiger partial charge >= 0.3 is 0 Å². The van der Waals surface area contributed by atoms with E-state index in [2.05, 4.69) is 27.7 Å². The first-order chi connectivity index (χ1) is 6.93. The third-order valence-electron chi connectivity index (χ3n) is 5.63. The largest absolute Gasteiger partial charge is 0.286 e. The van der Waals surface area contributed by atoms with Gasteiger partial charge in [0.15, 0.2) is 0 Å². The first kappa shape index (κ1) is 10.9. The Morgan fingerprint density at radius 2 is 2.07 bits per heavy atom. The van der Waals surface area contributed by atoms with Crippen LogP contribution in [0, 0.1) is 22.7 Å². The van der Waals surface area contributed by atoms with Crippen molar-refractivity contribution in [3.63, 3.8) is 0 Å². The molecule has 1 unspecified atom stereocenters. The molecule has 2 bridgehead atoms. The summed E-state index contributed by atoms with van der Waals surface area (Å²) in [5, 5.41) is 0. The van der Waals surface area contributed by atoms with Crippen LogP contribution in [0.2, 0.25) is 0 Å². The molecule has 0 aromatic heterocycles. The van der Waals surface area contributed by atoms with Crippen LogP contribution >= 0.6 is 0 Å². The third kappa shape index (κ3) is 1.25. The predicted molar refractivity (Wildman–Crippen MR) is 62.2 cm³/mol. The molecule has 0 N–H and O–H groups in total. The van der Waals surface area contributed by atoms with Crippen molar-refractivity contribution in [1.82, 2.24) is 0 Å². The Kier molecular flexibility index (Phi) is 2.33. The van der Waals surface area contributed by atoms with Crippen LogP contribution in [0.15, 0.2) is 11.6 Å². The van der Waals surface area contributed by atoms with E-state index in [1.807, 2.05) is 6.29 Å². The maximum atomic E-state index is 10.4. The molecule has 0 spiro atoms. The van der Waals surface area contributed by atoms with Crippen molar-refractivity contribution >= 4 is 6.29 Å². The molecule has 15 heavy (non-hydrogen) atoms. The fourth-order valence-electron chi connectivity index (χ4n) is 4.09. The van der Waals surface area contributed by atoms with Gasteiger partial charge in [-0.2, -0.15) is 0 Å². The minimum absolute atomic E-state index is 0.398. The highest BCUT2D eigenvalue weighted by molar-refractivity contribution is 5.67. The molecule has 2 saturated carbocycles. The molecular formula is C14H21O. The molecule has 2 aliphatic carbocycles. The van der Waals surface area contributed by atoms with Crippen LogP contribution < -0.4 is 0 Å². The van der Waals surface area contributed by atoms with Crippen LogP contribution in [0.3, 0.4) is 0 Å². The lowest BCUT2D eigenvalue weighted by molar-refractivity contribution is 0.119. The Balaban J connectivity index is 2.34. The molecule has 0 saturated heterocycles. The van der Waals surface area contributed by atoms with Crippen LogP contribution in [-0.2, 0) is 4.79 Å². The highest BCUT2D eigenvalue weighted by atomic mass is 16.1. The average molecular weight is 205 g/mol. The van der Waals surface area contributed by atoms with Gasteiger partial charge in [-0.1, -0.05) is 26.3 Å². The lowest BCUT2D eigenvalue weighted by Crippen LogP contribution is -2.32. The molecule has 2 fully saturated rings. The fraction of sp³-hybridized carbons (Fsp3) is 0.786. The summed E-state index contributed by atoms with van der Waals surface area (Å²) >= 11 is 0. The Labute approximate surface area is 92.9 Å². The van der Waals surface area contributed by atoms with Gasteiger partial charge in [0.1, 0.15) is 0 Å². The van der Waals surface area contributed by atoms with Crippen LogP contribution in [0.25, 0.3) is 0 Å². The van der Waals surface area contributed by atoms with Crippen LogP contribution in [0.4, 0.5) is 0 Å². The zero-order valence-electron chi connectivity index (χ0n) is 10.3. The monoisotopic (exact) mass is 205 g/mol. The molecule has 0 aliphatic heterocycles. The van der Waals surface area contributed by atoms with E-state index >= 15 is 0 Å². The van der Waals surface area contributed by atoms with Gasteiger partial charge in [0.05, 0.1) is 0 Å². The van der Waals surface area contributed by atoms with Gasteiger partial charge in [-0.3, -0.25) is 4.79 Å². The first-order valence-electron chi connectivity index (χ1n) is 5.98. The summed E-state index contributed by atoms with van der Waals surface area (Å²) in [6.07, 6.45) is 7.55. The summed E-state index contributed by atoms with van der Waals surface area (Å²) < 4.78 is 0. The molecule has 83 valence electrons. The van der Waals surface area contributed by atoms with E-state index in [0.717, 1.165) is 5.92 Å². The molecule has 0 aromatic carbocycles. The van der Waals surface area contributed by atoms with E-state index in [9.17, 15) is 4.79 Å². The highest BCUT2D eigenvalue weighted by Crippen LogP contribution is 2.69. The normalized spacial score (nSPS) is 43.3. The zero-order chi connectivity index (χ0) is 11.3. The number of rotatable bonds is 2. The highest BCUT2D eigenvalue weighted by Gasteiger charge is 2.61. The van der Waals surface area contributed by atoms with E-state index in [1.165, 1.54) is 24.8 Å². The topological polar surface area (TPSA) is 17.1 Å². The standard InChI is InChI=1S/C14H21O/c1-10(6-8-15)12-9-11-5-7-14(12,4)13(11,2)3/h6,11-12H,5,7,9H2,1-4H3/t11-,12?,14-/m1/s1. The Morgan fingerprint density at radius 1 is 1.40 bits per heavy atom. The predicted octanol–water partition coefficient (Wildman–Crippen LogP) is 3.50. The minimum Gasteiger partial charge on any atom is -0.286 e. The molecule has 1 nitrogen and oxygen atoms in total. The average Bonchev–Trinajstić information content (AvgIpc) is 2.49. The van der Waals surface area contributed by atoms with Gasteiger partial charge in [-0.05, 0) is 54.9 Å². The van der Waals surface area contributed by atoms with Crippen LogP contribution in [-0.4, -0.2) is 6.29 Å². The molecule has 1 heteroatoms. The third-order valence-corrected chi connectivity index (χ3v) is 5.63. The van der Waals surface area contributed by atoms with E-state index in [4.69, 9.17) is 0 Å². The van der Waals surface area contributed by atoms with Crippen molar-refractivity contribution < 1.29 is 4.79 Å². The molecule has 0 amide bonds. The maximum absolute atomic E-state index is 10.4. The Hall–Kier alpha value is -0.590. The maximum Gasteiger partial charge on any atom is 0.225 e.